The summed E-state index contributed by atoms with van der Waals surface area (Å²) in [5.74, 6) is 0.716. The van der Waals surface area contributed by atoms with Crippen LogP contribution in [0.5, 0.6) is 5.75 Å². The van der Waals surface area contributed by atoms with Crippen LogP contribution in [-0.4, -0.2) is 37.8 Å². The first-order chi connectivity index (χ1) is 14.2. The summed E-state index contributed by atoms with van der Waals surface area (Å²) in [6.45, 7) is 2.36. The normalized spacial score (nSPS) is 11.2. The van der Waals surface area contributed by atoms with Crippen LogP contribution in [0.3, 0.4) is 0 Å². The van der Waals surface area contributed by atoms with Gasteiger partial charge in [0.15, 0.2) is 5.82 Å². The summed E-state index contributed by atoms with van der Waals surface area (Å²) in [6, 6.07) is 12.5. The van der Waals surface area contributed by atoms with Gasteiger partial charge >= 0.3 is 0 Å². The van der Waals surface area contributed by atoms with E-state index in [4.69, 9.17) is 4.74 Å². The molecule has 0 aliphatic carbocycles. The number of carbonyl (C=O) groups excluding carboxylic acids is 1. The minimum absolute atomic E-state index is 0.0206. The van der Waals surface area contributed by atoms with Crippen LogP contribution in [0.4, 0.5) is 11.5 Å². The SMILES string of the molecule is CCOc1ccc(NS(=O)(=O)c2cccc(C(=O)N(C)c3ccn(C)n3)c2)cc1Br. The second kappa shape index (κ2) is 8.88. The first-order valence-electron chi connectivity index (χ1n) is 9.04. The second-order valence-electron chi connectivity index (χ2n) is 6.42. The molecule has 0 atom stereocenters. The fourth-order valence-electron chi connectivity index (χ4n) is 2.73. The Balaban J connectivity index is 1.83. The van der Waals surface area contributed by atoms with Crippen LogP contribution in [-0.2, 0) is 17.1 Å². The van der Waals surface area contributed by atoms with E-state index in [9.17, 15) is 13.2 Å². The number of hydrogen-bond acceptors (Lipinski definition) is 5. The summed E-state index contributed by atoms with van der Waals surface area (Å²) < 4.78 is 35.9. The third kappa shape index (κ3) is 4.82. The number of anilines is 2. The Labute approximate surface area is 183 Å². The zero-order chi connectivity index (χ0) is 21.9. The van der Waals surface area contributed by atoms with E-state index in [1.54, 1.807) is 55.3 Å². The predicted molar refractivity (Wildman–Crippen MR) is 119 cm³/mol. The molecule has 0 aliphatic rings. The number of carbonyl (C=O) groups is 1. The molecular weight excluding hydrogens is 472 g/mol. The molecule has 0 unspecified atom stereocenters. The van der Waals surface area contributed by atoms with E-state index >= 15 is 0 Å². The number of ether oxygens (including phenoxy) is 1. The van der Waals surface area contributed by atoms with Crippen molar-refractivity contribution >= 4 is 43.4 Å². The highest BCUT2D eigenvalue weighted by atomic mass is 79.9. The van der Waals surface area contributed by atoms with Gasteiger partial charge in [0.25, 0.3) is 15.9 Å². The van der Waals surface area contributed by atoms with Crippen LogP contribution in [0, 0.1) is 0 Å². The number of halogens is 1. The number of nitrogens with one attached hydrogen (secondary N) is 1. The molecule has 8 nitrogen and oxygen atoms in total. The molecule has 30 heavy (non-hydrogen) atoms. The van der Waals surface area contributed by atoms with Crippen molar-refractivity contribution in [1.82, 2.24) is 9.78 Å². The summed E-state index contributed by atoms with van der Waals surface area (Å²) in [4.78, 5) is 14.1. The first kappa shape index (κ1) is 21.8. The average molecular weight is 493 g/mol. The van der Waals surface area contributed by atoms with Crippen molar-refractivity contribution in [3.8, 4) is 5.75 Å². The van der Waals surface area contributed by atoms with Gasteiger partial charge in [-0.05, 0) is 59.3 Å². The molecule has 0 saturated carbocycles. The lowest BCUT2D eigenvalue weighted by atomic mass is 10.2. The Bertz CT molecular complexity index is 1180. The highest BCUT2D eigenvalue weighted by molar-refractivity contribution is 9.10. The fourth-order valence-corrected chi connectivity index (χ4v) is 4.31. The number of nitrogens with zero attached hydrogens (tertiary/aromatic N) is 3. The standard InChI is InChI=1S/C20H21BrN4O4S/c1-4-29-18-9-8-15(13-17(18)21)23-30(27,28)16-7-5-6-14(12-16)20(26)25(3)19-10-11-24(2)22-19/h5-13,23H,4H2,1-3H3. The zero-order valence-electron chi connectivity index (χ0n) is 16.7. The van der Waals surface area contributed by atoms with Crippen molar-refractivity contribution < 1.29 is 17.9 Å². The van der Waals surface area contributed by atoms with Crippen LogP contribution in [0.1, 0.15) is 17.3 Å². The van der Waals surface area contributed by atoms with E-state index < -0.39 is 10.0 Å². The maximum absolute atomic E-state index is 12.8. The molecule has 10 heteroatoms. The Kier molecular flexibility index (Phi) is 6.47. The maximum Gasteiger partial charge on any atom is 0.261 e. The molecule has 0 saturated heterocycles. The van der Waals surface area contributed by atoms with Crippen molar-refractivity contribution in [2.75, 3.05) is 23.3 Å². The summed E-state index contributed by atoms with van der Waals surface area (Å²) in [7, 11) is -0.565. The van der Waals surface area contributed by atoms with Crippen LogP contribution in [0.2, 0.25) is 0 Å². The molecule has 3 rings (SSSR count). The number of benzene rings is 2. The van der Waals surface area contributed by atoms with Crippen molar-refractivity contribution in [2.24, 2.45) is 7.05 Å². The number of sulfonamides is 1. The van der Waals surface area contributed by atoms with E-state index in [-0.39, 0.29) is 16.4 Å². The second-order valence-corrected chi connectivity index (χ2v) is 8.96. The molecule has 0 aliphatic heterocycles. The lowest BCUT2D eigenvalue weighted by Crippen LogP contribution is -2.27. The van der Waals surface area contributed by atoms with E-state index in [0.29, 0.717) is 28.3 Å². The molecule has 0 radical (unpaired) electrons. The quantitative estimate of drug-likeness (QED) is 0.543. The Morgan fingerprint density at radius 2 is 2.00 bits per heavy atom. The summed E-state index contributed by atoms with van der Waals surface area (Å²) in [5.41, 5.74) is 0.603. The van der Waals surface area contributed by atoms with Crippen LogP contribution in [0.15, 0.2) is 64.1 Å². The number of aryl methyl sites for hydroxylation is 1. The molecule has 1 amide bonds. The van der Waals surface area contributed by atoms with Gasteiger partial charge in [-0.2, -0.15) is 5.10 Å². The summed E-state index contributed by atoms with van der Waals surface area (Å²) in [5, 5.41) is 4.19. The van der Waals surface area contributed by atoms with E-state index in [0.717, 1.165) is 0 Å². The third-order valence-corrected chi connectivity index (χ3v) is 6.22. The zero-order valence-corrected chi connectivity index (χ0v) is 19.1. The Hall–Kier alpha value is -2.85. The van der Waals surface area contributed by atoms with Crippen molar-refractivity contribution in [2.45, 2.75) is 11.8 Å². The average Bonchev–Trinajstić information content (AvgIpc) is 3.15. The van der Waals surface area contributed by atoms with Crippen molar-refractivity contribution in [3.05, 3.63) is 64.8 Å². The molecular formula is C20H21BrN4O4S. The van der Waals surface area contributed by atoms with Gasteiger partial charge < -0.3 is 4.74 Å². The number of rotatable bonds is 7. The monoisotopic (exact) mass is 492 g/mol. The fraction of sp³-hybridized carbons (Fsp3) is 0.200. The smallest absolute Gasteiger partial charge is 0.261 e. The summed E-state index contributed by atoms with van der Waals surface area (Å²) in [6.07, 6.45) is 1.72. The molecule has 0 spiro atoms. The van der Waals surface area contributed by atoms with E-state index in [1.807, 2.05) is 6.92 Å². The number of hydrogen-bond donors (Lipinski definition) is 1. The van der Waals surface area contributed by atoms with Crippen LogP contribution < -0.4 is 14.4 Å². The molecule has 0 bridgehead atoms. The lowest BCUT2D eigenvalue weighted by molar-refractivity contribution is 0.0992. The maximum atomic E-state index is 12.8. The molecule has 1 heterocycles. The van der Waals surface area contributed by atoms with Gasteiger partial charge in [-0.15, -0.1) is 0 Å². The lowest BCUT2D eigenvalue weighted by Gasteiger charge is -2.15. The first-order valence-corrected chi connectivity index (χ1v) is 11.3. The molecule has 0 fully saturated rings. The van der Waals surface area contributed by atoms with Gasteiger partial charge in [-0.25, -0.2) is 8.42 Å². The topological polar surface area (TPSA) is 93.5 Å². The van der Waals surface area contributed by atoms with Gasteiger partial charge in [-0.3, -0.25) is 19.1 Å². The highest BCUT2D eigenvalue weighted by Gasteiger charge is 2.20. The van der Waals surface area contributed by atoms with Crippen LogP contribution >= 0.6 is 15.9 Å². The molecule has 1 N–H and O–H groups in total. The number of amides is 1. The third-order valence-electron chi connectivity index (χ3n) is 4.22. The van der Waals surface area contributed by atoms with Crippen molar-refractivity contribution in [1.29, 1.82) is 0 Å². The van der Waals surface area contributed by atoms with Gasteiger partial charge in [0.1, 0.15) is 5.75 Å². The Morgan fingerprint density at radius 1 is 1.23 bits per heavy atom. The molecule has 2 aromatic carbocycles. The molecule has 3 aromatic rings. The van der Waals surface area contributed by atoms with Gasteiger partial charge in [0, 0.05) is 31.9 Å². The number of aromatic nitrogens is 2. The van der Waals surface area contributed by atoms with Crippen molar-refractivity contribution in [3.63, 3.8) is 0 Å². The largest absolute Gasteiger partial charge is 0.493 e. The van der Waals surface area contributed by atoms with E-state index in [1.165, 1.54) is 23.1 Å². The van der Waals surface area contributed by atoms with Gasteiger partial charge in [-0.1, -0.05) is 6.07 Å². The Morgan fingerprint density at radius 3 is 2.63 bits per heavy atom. The minimum atomic E-state index is -3.90. The predicted octanol–water partition coefficient (Wildman–Crippen LogP) is 3.66. The molecule has 1 aromatic heterocycles. The summed E-state index contributed by atoms with van der Waals surface area (Å²) >= 11 is 3.36. The molecule has 158 valence electrons. The van der Waals surface area contributed by atoms with Gasteiger partial charge in [0.05, 0.1) is 21.7 Å². The van der Waals surface area contributed by atoms with E-state index in [2.05, 4.69) is 25.8 Å². The highest BCUT2D eigenvalue weighted by Crippen LogP contribution is 2.29. The minimum Gasteiger partial charge on any atom is -0.493 e. The van der Waals surface area contributed by atoms with Crippen LogP contribution in [0.25, 0.3) is 0 Å². The van der Waals surface area contributed by atoms with Gasteiger partial charge in [0.2, 0.25) is 0 Å².